The lowest BCUT2D eigenvalue weighted by atomic mass is 10.1. The minimum Gasteiger partial charge on any atom is -0.368 e. The average molecular weight is 348 g/mol. The third-order valence-electron chi connectivity index (χ3n) is 4.16. The van der Waals surface area contributed by atoms with Gasteiger partial charge < -0.3 is 11.5 Å². The van der Waals surface area contributed by atoms with Gasteiger partial charge in [-0.3, -0.25) is 4.40 Å². The molecule has 0 unspecified atom stereocenters. The fraction of sp³-hybridized carbons (Fsp3) is 0.105. The number of anilines is 1. The van der Waals surface area contributed by atoms with E-state index in [0.29, 0.717) is 17.9 Å². The van der Waals surface area contributed by atoms with Crippen molar-refractivity contribution in [3.8, 4) is 22.6 Å². The van der Waals surface area contributed by atoms with Gasteiger partial charge in [-0.15, -0.1) is 0 Å². The number of nitrogens with two attached hydrogens (primary N) is 2. The lowest BCUT2D eigenvalue weighted by Gasteiger charge is -2.06. The monoisotopic (exact) mass is 348 g/mol. The summed E-state index contributed by atoms with van der Waals surface area (Å²) in [5, 5.41) is 0. The molecule has 4 N–H and O–H groups in total. The zero-order valence-electron chi connectivity index (χ0n) is 13.9. The Kier molecular flexibility index (Phi) is 4.06. The summed E-state index contributed by atoms with van der Waals surface area (Å²) in [7, 11) is 0. The van der Waals surface area contributed by atoms with Crippen molar-refractivity contribution in [1.29, 1.82) is 0 Å². The number of rotatable bonds is 4. The summed E-state index contributed by atoms with van der Waals surface area (Å²) in [5.41, 5.74) is 16.2. The van der Waals surface area contributed by atoms with Crippen molar-refractivity contribution in [2.24, 2.45) is 5.73 Å². The van der Waals surface area contributed by atoms with Crippen LogP contribution in [0.25, 0.3) is 28.3 Å². The van der Waals surface area contributed by atoms with Crippen LogP contribution < -0.4 is 11.5 Å². The molecule has 0 aliphatic carbocycles. The van der Waals surface area contributed by atoms with Crippen molar-refractivity contribution in [3.63, 3.8) is 0 Å². The van der Waals surface area contributed by atoms with Crippen molar-refractivity contribution in [1.82, 2.24) is 19.4 Å². The Morgan fingerprint density at radius 1 is 1.04 bits per heavy atom. The third-order valence-corrected chi connectivity index (χ3v) is 4.16. The Labute approximate surface area is 149 Å². The topological polar surface area (TPSA) is 95.1 Å². The molecule has 1 aromatic carbocycles. The lowest BCUT2D eigenvalue weighted by Crippen LogP contribution is -2.03. The molecular formula is C19H17FN6. The molecule has 0 radical (unpaired) electrons. The predicted molar refractivity (Wildman–Crippen MR) is 98.8 cm³/mol. The van der Waals surface area contributed by atoms with Gasteiger partial charge in [0.1, 0.15) is 11.5 Å². The smallest absolute Gasteiger partial charge is 0.220 e. The quantitative estimate of drug-likeness (QED) is 0.591. The maximum atomic E-state index is 13.3. The van der Waals surface area contributed by atoms with Crippen LogP contribution in [-0.2, 0) is 6.42 Å². The SMILES string of the molecule is NCCc1ccn2c(-c3ccnc(N)n3)c(-c3ccc(F)cc3)nc2c1. The molecule has 0 fully saturated rings. The highest BCUT2D eigenvalue weighted by Gasteiger charge is 2.17. The first kappa shape index (κ1) is 16.2. The van der Waals surface area contributed by atoms with E-state index in [2.05, 4.69) is 9.97 Å². The molecular weight excluding hydrogens is 331 g/mol. The number of nitrogens with zero attached hydrogens (tertiary/aromatic N) is 4. The van der Waals surface area contributed by atoms with Gasteiger partial charge in [0.05, 0.1) is 17.1 Å². The molecule has 3 aromatic heterocycles. The van der Waals surface area contributed by atoms with E-state index in [1.165, 1.54) is 12.1 Å². The number of pyridine rings is 1. The van der Waals surface area contributed by atoms with Crippen molar-refractivity contribution in [3.05, 3.63) is 66.2 Å². The molecule has 130 valence electrons. The second-order valence-corrected chi connectivity index (χ2v) is 5.92. The van der Waals surface area contributed by atoms with Crippen LogP contribution in [0.2, 0.25) is 0 Å². The predicted octanol–water partition coefficient (Wildman–Crippen LogP) is 2.68. The van der Waals surface area contributed by atoms with Crippen molar-refractivity contribution < 1.29 is 4.39 Å². The molecule has 26 heavy (non-hydrogen) atoms. The summed E-state index contributed by atoms with van der Waals surface area (Å²) in [6.45, 7) is 0.566. The maximum absolute atomic E-state index is 13.3. The average Bonchev–Trinajstić information content (AvgIpc) is 3.01. The van der Waals surface area contributed by atoms with Gasteiger partial charge in [-0.2, -0.15) is 0 Å². The zero-order valence-corrected chi connectivity index (χ0v) is 13.9. The third kappa shape index (κ3) is 2.89. The van der Waals surface area contributed by atoms with E-state index in [9.17, 15) is 4.39 Å². The first-order chi connectivity index (χ1) is 12.7. The molecule has 0 saturated carbocycles. The largest absolute Gasteiger partial charge is 0.368 e. The van der Waals surface area contributed by atoms with Crippen LogP contribution in [-0.4, -0.2) is 25.9 Å². The molecule has 4 rings (SSSR count). The fourth-order valence-corrected chi connectivity index (χ4v) is 2.97. The number of nitrogen functional groups attached to an aromatic ring is 1. The molecule has 0 spiro atoms. The number of aromatic nitrogens is 4. The van der Waals surface area contributed by atoms with E-state index >= 15 is 0 Å². The Balaban J connectivity index is 1.99. The highest BCUT2D eigenvalue weighted by atomic mass is 19.1. The minimum atomic E-state index is -0.296. The molecule has 0 amide bonds. The second-order valence-electron chi connectivity index (χ2n) is 5.92. The Hall–Kier alpha value is -3.32. The van der Waals surface area contributed by atoms with Crippen molar-refractivity contribution >= 4 is 11.6 Å². The van der Waals surface area contributed by atoms with E-state index < -0.39 is 0 Å². The number of imidazole rings is 1. The molecule has 6 nitrogen and oxygen atoms in total. The van der Waals surface area contributed by atoms with Gasteiger partial charge in [0.25, 0.3) is 0 Å². The molecule has 0 saturated heterocycles. The summed E-state index contributed by atoms with van der Waals surface area (Å²) in [5.74, 6) is -0.113. The Bertz CT molecular complexity index is 1070. The molecule has 3 heterocycles. The first-order valence-electron chi connectivity index (χ1n) is 8.21. The molecule has 0 aliphatic heterocycles. The lowest BCUT2D eigenvalue weighted by molar-refractivity contribution is 0.628. The highest BCUT2D eigenvalue weighted by Crippen LogP contribution is 2.32. The van der Waals surface area contributed by atoms with Gasteiger partial charge in [0.2, 0.25) is 5.95 Å². The minimum absolute atomic E-state index is 0.183. The first-order valence-corrected chi connectivity index (χ1v) is 8.21. The van der Waals surface area contributed by atoms with E-state index in [4.69, 9.17) is 16.5 Å². The van der Waals surface area contributed by atoms with Crippen LogP contribution in [0.3, 0.4) is 0 Å². The van der Waals surface area contributed by atoms with Crippen molar-refractivity contribution in [2.75, 3.05) is 12.3 Å². The van der Waals surface area contributed by atoms with Crippen LogP contribution in [0.5, 0.6) is 0 Å². The van der Waals surface area contributed by atoms with Crippen molar-refractivity contribution in [2.45, 2.75) is 6.42 Å². The van der Waals surface area contributed by atoms with Gasteiger partial charge in [-0.1, -0.05) is 0 Å². The summed E-state index contributed by atoms with van der Waals surface area (Å²) in [4.78, 5) is 13.1. The summed E-state index contributed by atoms with van der Waals surface area (Å²) >= 11 is 0. The summed E-state index contributed by atoms with van der Waals surface area (Å²) in [6.07, 6.45) is 4.31. The van der Waals surface area contributed by atoms with Gasteiger partial charge in [0, 0.05) is 18.0 Å². The standard InChI is InChI=1S/C19H17FN6/c20-14-3-1-13(2-4-14)17-18(15-6-9-23-19(22)24-15)26-10-7-12(5-8-21)11-16(26)25-17/h1-4,6-7,9-11H,5,8,21H2,(H2,22,23,24). The van der Waals surface area contributed by atoms with Crippen LogP contribution >= 0.6 is 0 Å². The van der Waals surface area contributed by atoms with Crippen LogP contribution in [0.1, 0.15) is 5.56 Å². The normalized spacial score (nSPS) is 11.2. The molecule has 4 aromatic rings. The van der Waals surface area contributed by atoms with E-state index in [1.54, 1.807) is 24.4 Å². The maximum Gasteiger partial charge on any atom is 0.220 e. The zero-order chi connectivity index (χ0) is 18.1. The Morgan fingerprint density at radius 2 is 1.85 bits per heavy atom. The molecule has 7 heteroatoms. The van der Waals surface area contributed by atoms with E-state index in [-0.39, 0.29) is 11.8 Å². The van der Waals surface area contributed by atoms with Crippen LogP contribution in [0, 0.1) is 5.82 Å². The highest BCUT2D eigenvalue weighted by molar-refractivity contribution is 5.80. The number of hydrogen-bond acceptors (Lipinski definition) is 5. The van der Waals surface area contributed by atoms with Gasteiger partial charge in [0.15, 0.2) is 0 Å². The van der Waals surface area contributed by atoms with E-state index in [1.807, 2.05) is 22.7 Å². The summed E-state index contributed by atoms with van der Waals surface area (Å²) in [6, 6.07) is 12.0. The van der Waals surface area contributed by atoms with Crippen LogP contribution in [0.15, 0.2) is 54.9 Å². The molecule has 0 bridgehead atoms. The number of benzene rings is 1. The van der Waals surface area contributed by atoms with Gasteiger partial charge in [-0.25, -0.2) is 19.3 Å². The number of hydrogen-bond donors (Lipinski definition) is 2. The van der Waals surface area contributed by atoms with Gasteiger partial charge >= 0.3 is 0 Å². The van der Waals surface area contributed by atoms with Gasteiger partial charge in [-0.05, 0) is 61.0 Å². The summed E-state index contributed by atoms with van der Waals surface area (Å²) < 4.78 is 15.3. The van der Waals surface area contributed by atoms with E-state index in [0.717, 1.165) is 28.9 Å². The second kappa shape index (κ2) is 6.53. The molecule has 0 aliphatic rings. The Morgan fingerprint density at radius 3 is 2.58 bits per heavy atom. The van der Waals surface area contributed by atoms with Crippen LogP contribution in [0.4, 0.5) is 10.3 Å². The number of fused-ring (bicyclic) bond motifs is 1. The number of halogens is 1. The fourth-order valence-electron chi connectivity index (χ4n) is 2.97. The molecule has 0 atom stereocenters.